The van der Waals surface area contributed by atoms with Gasteiger partial charge in [-0.2, -0.15) is 0 Å². The maximum absolute atomic E-state index is 5.45. The van der Waals surface area contributed by atoms with Crippen LogP contribution < -0.4 is 4.74 Å². The molecule has 14 heavy (non-hydrogen) atoms. The molecule has 1 rings (SSSR count). The lowest BCUT2D eigenvalue weighted by Gasteiger charge is -2.07. The van der Waals surface area contributed by atoms with Gasteiger partial charge in [0.15, 0.2) is 0 Å². The second-order valence-electron chi connectivity index (χ2n) is 3.04. The summed E-state index contributed by atoms with van der Waals surface area (Å²) >= 11 is -0.639. The van der Waals surface area contributed by atoms with Gasteiger partial charge < -0.3 is 22.9 Å². The van der Waals surface area contributed by atoms with Crippen molar-refractivity contribution in [3.8, 4) is 5.75 Å². The van der Waals surface area contributed by atoms with Gasteiger partial charge in [-0.15, -0.1) is 0 Å². The molecule has 0 saturated carbocycles. The van der Waals surface area contributed by atoms with E-state index < -0.39 is 18.2 Å². The number of benzene rings is 1. The van der Waals surface area contributed by atoms with Crippen molar-refractivity contribution < 1.29 is 4.74 Å². The predicted molar refractivity (Wildman–Crippen MR) is 63.1 cm³/mol. The summed E-state index contributed by atoms with van der Waals surface area (Å²) in [5.41, 5.74) is 0. The van der Waals surface area contributed by atoms with Crippen LogP contribution in [0, 0.1) is 12.0 Å². The van der Waals surface area contributed by atoms with Crippen LogP contribution in [0.25, 0.3) is 0 Å². The summed E-state index contributed by atoms with van der Waals surface area (Å²) in [7, 11) is 9.81. The molecule has 1 radical (unpaired) electrons. The molecular formula is C10H13Cl2MgO. The van der Waals surface area contributed by atoms with Crippen LogP contribution in [0.3, 0.4) is 0 Å². The molecule has 0 atom stereocenters. The average Bonchev–Trinajstić information content (AvgIpc) is 2.18. The van der Waals surface area contributed by atoms with E-state index >= 15 is 0 Å². The molecule has 0 aliphatic carbocycles. The third-order valence-corrected chi connectivity index (χ3v) is 1.27. The Hall–Kier alpha value is 0.366. The third kappa shape index (κ3) is 8.94. The highest BCUT2D eigenvalue weighted by molar-refractivity contribution is 7.22. The molecule has 0 spiro atoms. The number of halogens is 2. The number of ether oxygens (including phenoxy) is 1. The molecule has 1 aromatic rings. The van der Waals surface area contributed by atoms with Gasteiger partial charge in [-0.1, -0.05) is 26.0 Å². The average molecular weight is 244 g/mol. The van der Waals surface area contributed by atoms with Crippen molar-refractivity contribution in [1.29, 1.82) is 0 Å². The van der Waals surface area contributed by atoms with Gasteiger partial charge >= 0.3 is 18.2 Å². The normalized spacial score (nSPS) is 8.64. The molecule has 0 heterocycles. The van der Waals surface area contributed by atoms with E-state index in [2.05, 4.69) is 19.9 Å². The molecular weight excluding hydrogens is 231 g/mol. The lowest BCUT2D eigenvalue weighted by molar-refractivity contribution is 0.271. The molecule has 0 amide bonds. The van der Waals surface area contributed by atoms with Crippen molar-refractivity contribution in [2.45, 2.75) is 13.8 Å². The van der Waals surface area contributed by atoms with E-state index in [0.29, 0.717) is 5.92 Å². The van der Waals surface area contributed by atoms with E-state index in [1.165, 1.54) is 0 Å². The van der Waals surface area contributed by atoms with Gasteiger partial charge in [0, 0.05) is 0 Å². The van der Waals surface area contributed by atoms with Crippen molar-refractivity contribution in [2.75, 3.05) is 6.61 Å². The van der Waals surface area contributed by atoms with Crippen molar-refractivity contribution in [2.24, 2.45) is 5.92 Å². The predicted octanol–water partition coefficient (Wildman–Crippen LogP) is 3.52. The Labute approximate surface area is 103 Å². The summed E-state index contributed by atoms with van der Waals surface area (Å²) in [6.07, 6.45) is 0. The first kappa shape index (κ1) is 14.4. The fourth-order valence-electron chi connectivity index (χ4n) is 0.731. The first-order valence-corrected chi connectivity index (χ1v) is 8.69. The summed E-state index contributed by atoms with van der Waals surface area (Å²) in [6.45, 7) is 5.05. The van der Waals surface area contributed by atoms with Crippen LogP contribution in [0.5, 0.6) is 5.75 Å². The zero-order valence-corrected chi connectivity index (χ0v) is 11.4. The van der Waals surface area contributed by atoms with Gasteiger partial charge in [0.1, 0.15) is 5.75 Å². The van der Waals surface area contributed by atoms with Crippen LogP contribution in [0.15, 0.2) is 24.3 Å². The lowest BCUT2D eigenvalue weighted by Crippen LogP contribution is -2.03. The molecule has 75 valence electrons. The topological polar surface area (TPSA) is 9.23 Å². The second kappa shape index (κ2) is 9.90. The summed E-state index contributed by atoms with van der Waals surface area (Å²) in [4.78, 5) is 0. The molecule has 1 aromatic carbocycles. The van der Waals surface area contributed by atoms with Crippen LogP contribution in [-0.4, -0.2) is 24.8 Å². The molecule has 0 fully saturated rings. The van der Waals surface area contributed by atoms with Crippen LogP contribution >= 0.6 is 18.1 Å². The molecule has 0 saturated heterocycles. The summed E-state index contributed by atoms with van der Waals surface area (Å²) in [5.74, 6) is 1.51. The van der Waals surface area contributed by atoms with E-state index in [-0.39, 0.29) is 0 Å². The number of hydrogen-bond acceptors (Lipinski definition) is 1. The van der Waals surface area contributed by atoms with Crippen molar-refractivity contribution >= 4 is 36.3 Å². The van der Waals surface area contributed by atoms with Gasteiger partial charge in [-0.05, 0) is 24.1 Å². The van der Waals surface area contributed by atoms with Crippen molar-refractivity contribution in [1.82, 2.24) is 0 Å². The molecule has 1 nitrogen and oxygen atoms in total. The minimum atomic E-state index is -0.639. The Balaban J connectivity index is 0.000000500. The fourth-order valence-corrected chi connectivity index (χ4v) is 0.731. The standard InChI is InChI=1S/C10H13O.2ClH.Mg/c1-9(2)8-11-10-6-4-3-5-7-10;;;/h4-7,9H,8H2,1-2H3;2*1H;/q;;;+2/p-2. The Morgan fingerprint density at radius 1 is 1.36 bits per heavy atom. The monoisotopic (exact) mass is 243 g/mol. The third-order valence-electron chi connectivity index (χ3n) is 1.27. The number of rotatable bonds is 3. The number of hydrogen-bond donors (Lipinski definition) is 0. The highest BCUT2D eigenvalue weighted by atomic mass is 35.6. The van der Waals surface area contributed by atoms with Crippen molar-refractivity contribution in [3.63, 3.8) is 0 Å². The summed E-state index contributed by atoms with van der Waals surface area (Å²) < 4.78 is 5.45. The van der Waals surface area contributed by atoms with E-state index in [0.717, 1.165) is 12.4 Å². The Bertz CT molecular complexity index is 217. The molecule has 0 aliphatic rings. The molecule has 0 bridgehead atoms. The van der Waals surface area contributed by atoms with Crippen LogP contribution in [0.2, 0.25) is 0 Å². The molecule has 0 N–H and O–H groups in total. The van der Waals surface area contributed by atoms with E-state index in [9.17, 15) is 0 Å². The first-order valence-electron chi connectivity index (χ1n) is 4.41. The molecule has 0 aromatic heterocycles. The fraction of sp³-hybridized carbons (Fsp3) is 0.400. The SMILES string of the molecule is CC(C)COc1cc[c]cc1.[Cl][Mg][Cl]. The Kier molecular flexibility index (Phi) is 10.2. The highest BCUT2D eigenvalue weighted by Crippen LogP contribution is 2.08. The van der Waals surface area contributed by atoms with Gasteiger partial charge in [0.25, 0.3) is 0 Å². The van der Waals surface area contributed by atoms with Crippen LogP contribution in [-0.2, 0) is 0 Å². The zero-order chi connectivity index (χ0) is 10.8. The van der Waals surface area contributed by atoms with Crippen LogP contribution in [0.1, 0.15) is 13.8 Å². The Morgan fingerprint density at radius 2 is 1.86 bits per heavy atom. The van der Waals surface area contributed by atoms with E-state index in [4.69, 9.17) is 22.9 Å². The maximum Gasteiger partial charge on any atom is 0.618 e. The summed E-state index contributed by atoms with van der Waals surface area (Å²) in [5, 5.41) is 0. The van der Waals surface area contributed by atoms with Crippen LogP contribution in [0.4, 0.5) is 0 Å². The van der Waals surface area contributed by atoms with E-state index in [1.54, 1.807) is 0 Å². The highest BCUT2D eigenvalue weighted by Gasteiger charge is 1.94. The first-order chi connectivity index (χ1) is 6.70. The quantitative estimate of drug-likeness (QED) is 0.739. The van der Waals surface area contributed by atoms with Gasteiger partial charge in [0.2, 0.25) is 0 Å². The minimum Gasteiger partial charge on any atom is -0.493 e. The summed E-state index contributed by atoms with van der Waals surface area (Å²) in [6, 6.07) is 10.5. The largest absolute Gasteiger partial charge is 0.618 e. The van der Waals surface area contributed by atoms with Crippen molar-refractivity contribution in [3.05, 3.63) is 30.3 Å². The molecule has 0 aliphatic heterocycles. The Morgan fingerprint density at radius 3 is 2.29 bits per heavy atom. The molecule has 0 unspecified atom stereocenters. The van der Waals surface area contributed by atoms with E-state index in [1.807, 2.05) is 24.3 Å². The lowest BCUT2D eigenvalue weighted by atomic mass is 10.2. The van der Waals surface area contributed by atoms with Gasteiger partial charge in [-0.25, -0.2) is 0 Å². The van der Waals surface area contributed by atoms with Gasteiger partial charge in [0.05, 0.1) is 6.61 Å². The second-order valence-corrected chi connectivity index (χ2v) is 5.67. The smallest absolute Gasteiger partial charge is 0.493 e. The zero-order valence-electron chi connectivity index (χ0n) is 8.47. The van der Waals surface area contributed by atoms with Gasteiger partial charge in [-0.3, -0.25) is 0 Å². The molecule has 4 heteroatoms. The maximum atomic E-state index is 5.45. The minimum absolute atomic E-state index is 0.583.